The smallest absolute Gasteiger partial charge is 0.335 e. The summed E-state index contributed by atoms with van der Waals surface area (Å²) in [5, 5.41) is 0. The Bertz CT molecular complexity index is 423. The third-order valence-electron chi connectivity index (χ3n) is 2.23. The van der Waals surface area contributed by atoms with Gasteiger partial charge in [0.15, 0.2) is 0 Å². The summed E-state index contributed by atoms with van der Waals surface area (Å²) in [5.74, 6) is -0.516. The number of rotatable bonds is 5. The van der Waals surface area contributed by atoms with Crippen molar-refractivity contribution >= 4 is 17.6 Å². The molecule has 98 valence electrons. The number of alkyl halides is 1. The number of nitrogens with two attached hydrogens (primary N) is 1. The highest BCUT2D eigenvalue weighted by atomic mass is 35.5. The molecule has 1 atom stereocenters. The Morgan fingerprint density at radius 2 is 2.00 bits per heavy atom. The van der Waals surface area contributed by atoms with Gasteiger partial charge in [0.25, 0.3) is 0 Å². The molecule has 0 fully saturated rings. The van der Waals surface area contributed by atoms with E-state index in [-0.39, 0.29) is 0 Å². The van der Waals surface area contributed by atoms with Gasteiger partial charge in [-0.25, -0.2) is 4.79 Å². The third-order valence-corrected chi connectivity index (χ3v) is 2.57. The van der Waals surface area contributed by atoms with Crippen LogP contribution in [0.25, 0.3) is 0 Å². The summed E-state index contributed by atoms with van der Waals surface area (Å²) in [5.41, 5.74) is 5.56. The topological polar surface area (TPSA) is 52.3 Å². The Morgan fingerprint density at radius 3 is 2.50 bits per heavy atom. The molecule has 0 spiro atoms. The molecule has 0 saturated heterocycles. The number of hydrogen-bond acceptors (Lipinski definition) is 3. The van der Waals surface area contributed by atoms with Gasteiger partial charge >= 0.3 is 5.97 Å². The molecule has 4 heteroatoms. The molecule has 0 bridgehead atoms. The van der Waals surface area contributed by atoms with Crippen LogP contribution in [0.1, 0.15) is 31.4 Å². The highest BCUT2D eigenvalue weighted by Gasteiger charge is 2.20. The molecular weight excluding hydrogens is 250 g/mol. The van der Waals surface area contributed by atoms with Gasteiger partial charge in [0.2, 0.25) is 5.56 Å². The van der Waals surface area contributed by atoms with E-state index in [0.29, 0.717) is 12.0 Å². The Morgan fingerprint density at radius 1 is 1.44 bits per heavy atom. The Kier molecular flexibility index (Phi) is 4.93. The molecule has 18 heavy (non-hydrogen) atoms. The number of halogens is 1. The van der Waals surface area contributed by atoms with E-state index in [4.69, 9.17) is 22.1 Å². The van der Waals surface area contributed by atoms with Crippen molar-refractivity contribution in [2.24, 2.45) is 5.73 Å². The SMILES string of the molecule is C=C(CC(C)(C)N)C(=O)OC(Cl)c1ccccc1. The molecule has 0 saturated carbocycles. The van der Waals surface area contributed by atoms with Gasteiger partial charge in [-0.2, -0.15) is 0 Å². The summed E-state index contributed by atoms with van der Waals surface area (Å²) < 4.78 is 5.12. The number of carbonyl (C=O) groups is 1. The van der Waals surface area contributed by atoms with E-state index in [1.807, 2.05) is 32.0 Å². The average Bonchev–Trinajstić information content (AvgIpc) is 2.27. The van der Waals surface area contributed by atoms with Crippen LogP contribution in [0.3, 0.4) is 0 Å². The zero-order chi connectivity index (χ0) is 13.8. The predicted molar refractivity (Wildman–Crippen MR) is 73.2 cm³/mol. The number of benzene rings is 1. The summed E-state index contributed by atoms with van der Waals surface area (Å²) >= 11 is 6.00. The van der Waals surface area contributed by atoms with Crippen LogP contribution in [0.5, 0.6) is 0 Å². The van der Waals surface area contributed by atoms with Crippen molar-refractivity contribution < 1.29 is 9.53 Å². The second-order valence-electron chi connectivity index (χ2n) is 4.90. The predicted octanol–water partition coefficient (Wildman–Crippen LogP) is 3.15. The Hall–Kier alpha value is -1.32. The van der Waals surface area contributed by atoms with Crippen LogP contribution in [0.2, 0.25) is 0 Å². The van der Waals surface area contributed by atoms with Crippen molar-refractivity contribution in [3.05, 3.63) is 48.0 Å². The first-order chi connectivity index (χ1) is 8.29. The number of hydrogen-bond donors (Lipinski definition) is 1. The molecule has 1 rings (SSSR count). The quantitative estimate of drug-likeness (QED) is 0.507. The lowest BCUT2D eigenvalue weighted by atomic mass is 9.97. The van der Waals surface area contributed by atoms with E-state index >= 15 is 0 Å². The highest BCUT2D eigenvalue weighted by Crippen LogP contribution is 2.23. The van der Waals surface area contributed by atoms with Gasteiger partial charge in [0.1, 0.15) is 0 Å². The Balaban J connectivity index is 2.58. The standard InChI is InChI=1S/C14H18ClNO2/c1-10(9-14(2,3)16)13(17)18-12(15)11-7-5-4-6-8-11/h4-8,12H,1,9,16H2,2-3H3. The average molecular weight is 268 g/mol. The molecule has 1 unspecified atom stereocenters. The molecule has 0 heterocycles. The van der Waals surface area contributed by atoms with Crippen molar-refractivity contribution in [2.75, 3.05) is 0 Å². The van der Waals surface area contributed by atoms with Crippen molar-refractivity contribution in [1.29, 1.82) is 0 Å². The first-order valence-electron chi connectivity index (χ1n) is 5.66. The van der Waals surface area contributed by atoms with Crippen LogP contribution in [0.15, 0.2) is 42.5 Å². The van der Waals surface area contributed by atoms with Crippen LogP contribution in [0, 0.1) is 0 Å². The molecule has 1 aromatic rings. The minimum Gasteiger partial charge on any atom is -0.438 e. The lowest BCUT2D eigenvalue weighted by Crippen LogP contribution is -2.33. The summed E-state index contributed by atoms with van der Waals surface area (Å²) in [7, 11) is 0. The maximum atomic E-state index is 11.7. The Labute approximate surface area is 113 Å². The van der Waals surface area contributed by atoms with Gasteiger partial charge in [-0.05, 0) is 20.3 Å². The van der Waals surface area contributed by atoms with Crippen molar-refractivity contribution in [2.45, 2.75) is 31.4 Å². The van der Waals surface area contributed by atoms with E-state index in [0.717, 1.165) is 5.56 Å². The van der Waals surface area contributed by atoms with Crippen molar-refractivity contribution in [3.63, 3.8) is 0 Å². The minimum absolute atomic E-state index is 0.323. The molecule has 3 nitrogen and oxygen atoms in total. The molecule has 0 amide bonds. The van der Waals surface area contributed by atoms with Gasteiger partial charge in [-0.1, -0.05) is 48.5 Å². The van der Waals surface area contributed by atoms with Crippen LogP contribution in [-0.2, 0) is 9.53 Å². The monoisotopic (exact) mass is 267 g/mol. The fourth-order valence-corrected chi connectivity index (χ4v) is 1.70. The van der Waals surface area contributed by atoms with Gasteiger partial charge in [-0.3, -0.25) is 0 Å². The fourth-order valence-electron chi connectivity index (χ4n) is 1.47. The van der Waals surface area contributed by atoms with Crippen LogP contribution < -0.4 is 5.73 Å². The zero-order valence-electron chi connectivity index (χ0n) is 10.7. The van der Waals surface area contributed by atoms with E-state index in [9.17, 15) is 4.79 Å². The lowest BCUT2D eigenvalue weighted by molar-refractivity contribution is -0.141. The molecule has 0 radical (unpaired) electrons. The molecule has 0 aliphatic heterocycles. The summed E-state index contributed by atoms with van der Waals surface area (Å²) in [6.07, 6.45) is 0.365. The maximum Gasteiger partial charge on any atom is 0.335 e. The lowest BCUT2D eigenvalue weighted by Gasteiger charge is -2.20. The van der Waals surface area contributed by atoms with E-state index in [1.54, 1.807) is 12.1 Å². The molecule has 1 aromatic carbocycles. The molecule has 0 aromatic heterocycles. The first kappa shape index (κ1) is 14.7. The van der Waals surface area contributed by atoms with Crippen LogP contribution in [-0.4, -0.2) is 11.5 Å². The van der Waals surface area contributed by atoms with Crippen LogP contribution >= 0.6 is 11.6 Å². The summed E-state index contributed by atoms with van der Waals surface area (Å²) in [6, 6.07) is 9.11. The zero-order valence-corrected chi connectivity index (χ0v) is 11.4. The molecular formula is C14H18ClNO2. The second kappa shape index (κ2) is 6.03. The number of carbonyl (C=O) groups excluding carboxylic acids is 1. The van der Waals surface area contributed by atoms with Gasteiger partial charge < -0.3 is 10.5 Å². The largest absolute Gasteiger partial charge is 0.438 e. The van der Waals surface area contributed by atoms with Crippen molar-refractivity contribution in [3.8, 4) is 0 Å². The van der Waals surface area contributed by atoms with Crippen LogP contribution in [0.4, 0.5) is 0 Å². The molecule has 2 N–H and O–H groups in total. The minimum atomic E-state index is -0.809. The van der Waals surface area contributed by atoms with E-state index in [1.165, 1.54) is 0 Å². The van der Waals surface area contributed by atoms with E-state index < -0.39 is 17.1 Å². The molecule has 0 aliphatic carbocycles. The maximum absolute atomic E-state index is 11.7. The van der Waals surface area contributed by atoms with Crippen molar-refractivity contribution in [1.82, 2.24) is 0 Å². The first-order valence-corrected chi connectivity index (χ1v) is 6.10. The van der Waals surface area contributed by atoms with Gasteiger partial charge in [-0.15, -0.1) is 0 Å². The van der Waals surface area contributed by atoms with Gasteiger partial charge in [0, 0.05) is 16.7 Å². The second-order valence-corrected chi connectivity index (χ2v) is 5.30. The summed E-state index contributed by atoms with van der Waals surface area (Å²) in [4.78, 5) is 11.7. The number of esters is 1. The number of ether oxygens (including phenoxy) is 1. The highest BCUT2D eigenvalue weighted by molar-refractivity contribution is 6.20. The fraction of sp³-hybridized carbons (Fsp3) is 0.357. The molecule has 0 aliphatic rings. The normalized spacial score (nSPS) is 12.9. The third kappa shape index (κ3) is 4.90. The summed E-state index contributed by atoms with van der Waals surface area (Å²) in [6.45, 7) is 7.31. The van der Waals surface area contributed by atoms with Gasteiger partial charge in [0.05, 0.1) is 0 Å². The van der Waals surface area contributed by atoms with E-state index in [2.05, 4.69) is 6.58 Å².